The van der Waals surface area contributed by atoms with Gasteiger partial charge >= 0.3 is 6.18 Å². The van der Waals surface area contributed by atoms with Crippen LogP contribution in [0.5, 0.6) is 0 Å². The molecule has 1 aliphatic rings. The number of aliphatic imine (C=N–C) groups is 1. The number of benzene rings is 1. The number of nitrogens with one attached hydrogen (secondary N) is 3. The summed E-state index contributed by atoms with van der Waals surface area (Å²) in [4.78, 5) is 28.2. The maximum absolute atomic E-state index is 12.9. The van der Waals surface area contributed by atoms with Gasteiger partial charge in [-0.25, -0.2) is 0 Å². The first-order chi connectivity index (χ1) is 12.0. The van der Waals surface area contributed by atoms with Crippen LogP contribution in [0.15, 0.2) is 41.2 Å². The molecule has 2 atom stereocenters. The van der Waals surface area contributed by atoms with Crippen molar-refractivity contribution in [2.75, 3.05) is 0 Å². The van der Waals surface area contributed by atoms with Crippen molar-refractivity contribution in [3.63, 3.8) is 0 Å². The van der Waals surface area contributed by atoms with Gasteiger partial charge in [-0.15, -0.1) is 0 Å². The van der Waals surface area contributed by atoms with Gasteiger partial charge in [0.15, 0.2) is 0 Å². The minimum absolute atomic E-state index is 0.283. The Morgan fingerprint density at radius 2 is 2.00 bits per heavy atom. The first kappa shape index (κ1) is 19.5. The SMILES string of the molecule is CC(=O)N[C@@]1(C(=O)NC(C)c2cccc(C(F)(F)F)c2)C=NC=C(C)N1. The van der Waals surface area contributed by atoms with Gasteiger partial charge in [-0.3, -0.25) is 14.6 Å². The minimum atomic E-state index is -4.48. The van der Waals surface area contributed by atoms with Gasteiger partial charge in [0.1, 0.15) is 0 Å². The molecule has 1 aromatic carbocycles. The van der Waals surface area contributed by atoms with Gasteiger partial charge in [-0.2, -0.15) is 13.2 Å². The molecular formula is C17H19F3N4O2. The fraction of sp³-hybridized carbons (Fsp3) is 0.353. The van der Waals surface area contributed by atoms with E-state index in [-0.39, 0.29) is 5.56 Å². The Balaban J connectivity index is 2.23. The number of halogens is 3. The highest BCUT2D eigenvalue weighted by Crippen LogP contribution is 2.30. The van der Waals surface area contributed by atoms with Crippen LogP contribution in [0, 0.1) is 0 Å². The van der Waals surface area contributed by atoms with Crippen LogP contribution in [-0.2, 0) is 15.8 Å². The second-order valence-electron chi connectivity index (χ2n) is 6.02. The second-order valence-corrected chi connectivity index (χ2v) is 6.02. The first-order valence-electron chi connectivity index (χ1n) is 7.80. The number of carbonyl (C=O) groups excluding carboxylic acids is 2. The van der Waals surface area contributed by atoms with Gasteiger partial charge in [-0.1, -0.05) is 12.1 Å². The smallest absolute Gasteiger partial charge is 0.353 e. The summed E-state index contributed by atoms with van der Waals surface area (Å²) >= 11 is 0. The molecule has 1 unspecified atom stereocenters. The first-order valence-corrected chi connectivity index (χ1v) is 7.80. The van der Waals surface area contributed by atoms with Crippen LogP contribution in [0.3, 0.4) is 0 Å². The number of hydrogen-bond acceptors (Lipinski definition) is 4. The lowest BCUT2D eigenvalue weighted by Gasteiger charge is -2.34. The fourth-order valence-corrected chi connectivity index (χ4v) is 2.53. The van der Waals surface area contributed by atoms with Crippen molar-refractivity contribution in [2.24, 2.45) is 4.99 Å². The van der Waals surface area contributed by atoms with E-state index >= 15 is 0 Å². The quantitative estimate of drug-likeness (QED) is 0.762. The maximum atomic E-state index is 12.9. The maximum Gasteiger partial charge on any atom is 0.416 e. The Kier molecular flexibility index (Phi) is 5.38. The van der Waals surface area contributed by atoms with Crippen molar-refractivity contribution < 1.29 is 22.8 Å². The molecule has 1 aromatic rings. The predicted octanol–water partition coefficient (Wildman–Crippen LogP) is 2.25. The largest absolute Gasteiger partial charge is 0.416 e. The van der Waals surface area contributed by atoms with E-state index in [2.05, 4.69) is 20.9 Å². The van der Waals surface area contributed by atoms with Crippen LogP contribution in [0.1, 0.15) is 37.9 Å². The van der Waals surface area contributed by atoms with E-state index in [4.69, 9.17) is 0 Å². The lowest BCUT2D eigenvalue weighted by atomic mass is 10.0. The van der Waals surface area contributed by atoms with Crippen molar-refractivity contribution in [2.45, 2.75) is 38.7 Å². The molecule has 0 fully saturated rings. The zero-order chi connectivity index (χ0) is 19.5. The number of carbonyl (C=O) groups is 2. The number of rotatable bonds is 4. The van der Waals surface area contributed by atoms with Crippen LogP contribution in [0.2, 0.25) is 0 Å². The molecular weight excluding hydrogens is 349 g/mol. The summed E-state index contributed by atoms with van der Waals surface area (Å²) in [6, 6.07) is 3.97. The molecule has 0 aliphatic carbocycles. The van der Waals surface area contributed by atoms with E-state index in [0.29, 0.717) is 5.70 Å². The summed E-state index contributed by atoms with van der Waals surface area (Å²) in [5.74, 6) is -1.12. The molecule has 140 valence electrons. The molecule has 0 saturated carbocycles. The molecule has 0 bridgehead atoms. The predicted molar refractivity (Wildman–Crippen MR) is 89.9 cm³/mol. The Morgan fingerprint density at radius 1 is 1.31 bits per heavy atom. The Morgan fingerprint density at radius 3 is 2.58 bits per heavy atom. The highest BCUT2D eigenvalue weighted by molar-refractivity contribution is 6.06. The highest BCUT2D eigenvalue weighted by Gasteiger charge is 2.40. The van der Waals surface area contributed by atoms with Crippen molar-refractivity contribution in [1.29, 1.82) is 0 Å². The summed E-state index contributed by atoms with van der Waals surface area (Å²) in [7, 11) is 0. The molecule has 1 aliphatic heterocycles. The van der Waals surface area contributed by atoms with Crippen molar-refractivity contribution >= 4 is 18.0 Å². The average molecular weight is 368 g/mol. The lowest BCUT2D eigenvalue weighted by Crippen LogP contribution is -2.68. The number of hydrogen-bond donors (Lipinski definition) is 3. The Labute approximate surface area is 148 Å². The van der Waals surface area contributed by atoms with Gasteiger partial charge in [0.2, 0.25) is 11.6 Å². The van der Waals surface area contributed by atoms with Crippen molar-refractivity contribution in [3.05, 3.63) is 47.3 Å². The molecule has 1 heterocycles. The third-order valence-electron chi connectivity index (χ3n) is 3.72. The summed E-state index contributed by atoms with van der Waals surface area (Å²) in [6.07, 6.45) is -1.77. The number of allylic oxidation sites excluding steroid dienone is 1. The molecule has 2 amide bonds. The number of amides is 2. The van der Waals surface area contributed by atoms with Crippen LogP contribution >= 0.6 is 0 Å². The molecule has 26 heavy (non-hydrogen) atoms. The summed E-state index contributed by atoms with van der Waals surface area (Å²) in [5, 5.41) is 7.94. The van der Waals surface area contributed by atoms with Gasteiger partial charge in [0.05, 0.1) is 17.8 Å². The van der Waals surface area contributed by atoms with Gasteiger partial charge in [0, 0.05) is 18.8 Å². The lowest BCUT2D eigenvalue weighted by molar-refractivity contribution is -0.137. The fourth-order valence-electron chi connectivity index (χ4n) is 2.53. The van der Waals surface area contributed by atoms with E-state index < -0.39 is 35.3 Å². The molecule has 2 rings (SSSR count). The molecule has 0 spiro atoms. The second kappa shape index (κ2) is 7.19. The monoisotopic (exact) mass is 368 g/mol. The average Bonchev–Trinajstić information content (AvgIpc) is 2.53. The van der Waals surface area contributed by atoms with Crippen LogP contribution in [0.25, 0.3) is 0 Å². The summed E-state index contributed by atoms with van der Waals surface area (Å²) in [5.41, 5.74) is -1.58. The van der Waals surface area contributed by atoms with Crippen LogP contribution in [0.4, 0.5) is 13.2 Å². The van der Waals surface area contributed by atoms with E-state index in [9.17, 15) is 22.8 Å². The summed E-state index contributed by atoms with van der Waals surface area (Å²) in [6.45, 7) is 4.46. The molecule has 0 radical (unpaired) electrons. The van der Waals surface area contributed by atoms with Crippen LogP contribution < -0.4 is 16.0 Å². The van der Waals surface area contributed by atoms with Gasteiger partial charge < -0.3 is 16.0 Å². The van der Waals surface area contributed by atoms with Gasteiger partial charge in [-0.05, 0) is 31.5 Å². The molecule has 3 N–H and O–H groups in total. The van der Waals surface area contributed by atoms with E-state index in [1.165, 1.54) is 31.5 Å². The van der Waals surface area contributed by atoms with E-state index in [1.54, 1.807) is 13.8 Å². The van der Waals surface area contributed by atoms with Crippen molar-refractivity contribution in [1.82, 2.24) is 16.0 Å². The normalized spacial score (nSPS) is 20.6. The zero-order valence-corrected chi connectivity index (χ0v) is 14.4. The molecule has 0 aromatic heterocycles. The standard InChI is InChI=1S/C17H19F3N4O2/c1-10-8-21-9-16(23-10,24-12(3)25)15(26)22-11(2)13-5-4-6-14(7-13)17(18,19)20/h4-9,11,23H,1-3H3,(H,22,26)(H,24,25)/t11?,16-/m1/s1. The van der Waals surface area contributed by atoms with Gasteiger partial charge in [0.25, 0.3) is 5.91 Å². The Bertz CT molecular complexity index is 770. The minimum Gasteiger partial charge on any atom is -0.353 e. The number of nitrogens with zero attached hydrogens (tertiary/aromatic N) is 1. The Hall–Kier alpha value is -2.84. The highest BCUT2D eigenvalue weighted by atomic mass is 19.4. The van der Waals surface area contributed by atoms with E-state index in [1.807, 2.05) is 0 Å². The third-order valence-corrected chi connectivity index (χ3v) is 3.72. The number of alkyl halides is 3. The zero-order valence-electron chi connectivity index (χ0n) is 14.4. The molecule has 6 nitrogen and oxygen atoms in total. The third kappa shape index (κ3) is 4.41. The van der Waals surface area contributed by atoms with Crippen molar-refractivity contribution in [3.8, 4) is 0 Å². The van der Waals surface area contributed by atoms with Crippen LogP contribution in [-0.4, -0.2) is 23.7 Å². The molecule has 0 saturated heterocycles. The summed E-state index contributed by atoms with van der Waals surface area (Å²) < 4.78 is 38.6. The van der Waals surface area contributed by atoms with E-state index in [0.717, 1.165) is 12.1 Å². The molecule has 9 heteroatoms. The topological polar surface area (TPSA) is 82.6 Å².